The Hall–Kier alpha value is -6.90. The number of nitrogens with zero attached hydrogens (tertiary/aromatic N) is 2. The van der Waals surface area contributed by atoms with Crippen molar-refractivity contribution >= 4 is 77.2 Å². The first-order chi connectivity index (χ1) is 31.5. The molecule has 10 aromatic carbocycles. The van der Waals surface area contributed by atoms with Crippen LogP contribution in [0.1, 0.15) is 54.4 Å². The van der Waals surface area contributed by atoms with E-state index in [9.17, 15) is 0 Å². The summed E-state index contributed by atoms with van der Waals surface area (Å²) in [5, 5.41) is 10.2. The first kappa shape index (κ1) is 36.6. The molecule has 10 aromatic rings. The Labute approximate surface area is 375 Å². The van der Waals surface area contributed by atoms with E-state index < -0.39 is 0 Å². The topological polar surface area (TPSA) is 6.48 Å². The third kappa shape index (κ3) is 4.97. The van der Waals surface area contributed by atoms with Crippen LogP contribution in [-0.4, -0.2) is 0 Å². The van der Waals surface area contributed by atoms with Crippen LogP contribution in [0.2, 0.25) is 0 Å². The minimum Gasteiger partial charge on any atom is -0.310 e. The van der Waals surface area contributed by atoms with Gasteiger partial charge in [0.1, 0.15) is 0 Å². The van der Waals surface area contributed by atoms with Gasteiger partial charge in [0.15, 0.2) is 0 Å². The molecule has 308 valence electrons. The maximum absolute atomic E-state index is 2.66. The van der Waals surface area contributed by atoms with Gasteiger partial charge in [-0.2, -0.15) is 0 Å². The van der Waals surface area contributed by atoms with Crippen LogP contribution in [0.4, 0.5) is 34.1 Å². The second kappa shape index (κ2) is 13.6. The van der Waals surface area contributed by atoms with E-state index in [0.717, 1.165) is 11.8 Å². The molecule has 0 aromatic heterocycles. The molecule has 15 rings (SSSR count). The van der Waals surface area contributed by atoms with Gasteiger partial charge >= 0.3 is 0 Å². The van der Waals surface area contributed by atoms with Gasteiger partial charge in [0, 0.05) is 27.6 Å². The summed E-state index contributed by atoms with van der Waals surface area (Å²) in [7, 11) is 0. The Balaban J connectivity index is 1.03. The fourth-order valence-corrected chi connectivity index (χ4v) is 14.4. The number of aryl methyl sites for hydroxylation is 2. The number of fused-ring (bicyclic) bond motifs is 4. The van der Waals surface area contributed by atoms with Crippen molar-refractivity contribution < 1.29 is 0 Å². The largest absolute Gasteiger partial charge is 0.310 e. The molecular formula is C62H50N2. The van der Waals surface area contributed by atoms with Crippen LogP contribution in [0.15, 0.2) is 182 Å². The molecule has 1 spiro atoms. The van der Waals surface area contributed by atoms with E-state index >= 15 is 0 Å². The first-order valence-corrected chi connectivity index (χ1v) is 23.7. The molecule has 0 saturated heterocycles. The lowest BCUT2D eigenvalue weighted by Gasteiger charge is -2.61. The summed E-state index contributed by atoms with van der Waals surface area (Å²) in [6.45, 7) is 4.51. The Morgan fingerprint density at radius 2 is 0.969 bits per heavy atom. The normalized spacial score (nSPS) is 21.7. The van der Waals surface area contributed by atoms with Crippen molar-refractivity contribution in [3.63, 3.8) is 0 Å². The molecule has 0 radical (unpaired) electrons. The Bertz CT molecular complexity index is 3460. The van der Waals surface area contributed by atoms with E-state index in [2.05, 4.69) is 206 Å². The number of rotatable bonds is 6. The highest BCUT2D eigenvalue weighted by molar-refractivity contribution is 6.28. The van der Waals surface area contributed by atoms with Crippen molar-refractivity contribution in [2.45, 2.75) is 51.4 Å². The molecular weight excluding hydrogens is 773 g/mol. The molecule has 2 nitrogen and oxygen atoms in total. The van der Waals surface area contributed by atoms with Crippen LogP contribution in [0.25, 0.3) is 54.2 Å². The molecule has 2 heteroatoms. The molecule has 4 saturated carbocycles. The molecule has 4 bridgehead atoms. The summed E-state index contributed by atoms with van der Waals surface area (Å²) in [5.41, 5.74) is 16.0. The standard InChI is InChI=1S/C62H50N2/c1-38-12-10-13-39(2)61(38)64(49-27-22-42-14-6-7-15-45(42)37-49)56-31-26-44-23-28-52-55(30-25-43-24-29-53(56)59(44)58(43)52)63(48-16-4-3-5-17-48)57-21-11-19-51-50-18-8-9-20-54(50)62(60(51)57)46-33-40-32-41(35-46)36-47(62)34-40/h3-31,37,40-41,46-47H,32-36H2,1-2H3. The average Bonchev–Trinajstić information content (AvgIpc) is 3.63. The quantitative estimate of drug-likeness (QED) is 0.154. The molecule has 0 atom stereocenters. The third-order valence-electron chi connectivity index (χ3n) is 16.6. The van der Waals surface area contributed by atoms with Gasteiger partial charge in [0.25, 0.3) is 0 Å². The van der Waals surface area contributed by atoms with Gasteiger partial charge in [-0.1, -0.05) is 140 Å². The van der Waals surface area contributed by atoms with Crippen LogP contribution in [0.5, 0.6) is 0 Å². The highest BCUT2D eigenvalue weighted by Gasteiger charge is 2.62. The van der Waals surface area contributed by atoms with Crippen LogP contribution in [0, 0.1) is 37.5 Å². The maximum Gasteiger partial charge on any atom is 0.0540 e. The first-order valence-electron chi connectivity index (χ1n) is 23.7. The van der Waals surface area contributed by atoms with Crippen molar-refractivity contribution in [3.05, 3.63) is 204 Å². The van der Waals surface area contributed by atoms with E-state index in [-0.39, 0.29) is 5.41 Å². The zero-order valence-corrected chi connectivity index (χ0v) is 36.6. The molecule has 0 amide bonds. The van der Waals surface area contributed by atoms with Gasteiger partial charge in [0.2, 0.25) is 0 Å². The van der Waals surface area contributed by atoms with E-state index in [1.165, 1.54) is 132 Å². The molecule has 5 aliphatic rings. The Morgan fingerprint density at radius 3 is 1.67 bits per heavy atom. The smallest absolute Gasteiger partial charge is 0.0540 e. The summed E-state index contributed by atoms with van der Waals surface area (Å²) in [6.07, 6.45) is 6.89. The lowest BCUT2D eigenvalue weighted by molar-refractivity contribution is -0.0397. The predicted octanol–water partition coefficient (Wildman–Crippen LogP) is 17.0. The predicted molar refractivity (Wildman–Crippen MR) is 270 cm³/mol. The molecule has 0 aliphatic heterocycles. The number of anilines is 6. The zero-order valence-electron chi connectivity index (χ0n) is 36.6. The van der Waals surface area contributed by atoms with Crippen molar-refractivity contribution in [1.82, 2.24) is 0 Å². The molecule has 4 fully saturated rings. The van der Waals surface area contributed by atoms with Gasteiger partial charge < -0.3 is 9.80 Å². The third-order valence-corrected chi connectivity index (χ3v) is 16.6. The second-order valence-corrected chi connectivity index (χ2v) is 19.8. The van der Waals surface area contributed by atoms with Gasteiger partial charge in [-0.3, -0.25) is 0 Å². The maximum atomic E-state index is 2.66. The Kier molecular flexibility index (Phi) is 7.74. The minimum atomic E-state index is 0.0293. The lowest BCUT2D eigenvalue weighted by atomic mass is 9.43. The molecule has 64 heavy (non-hydrogen) atoms. The van der Waals surface area contributed by atoms with E-state index in [4.69, 9.17) is 0 Å². The van der Waals surface area contributed by atoms with Crippen molar-refractivity contribution in [1.29, 1.82) is 0 Å². The van der Waals surface area contributed by atoms with Gasteiger partial charge in [-0.15, -0.1) is 0 Å². The lowest BCUT2D eigenvalue weighted by Crippen LogP contribution is -2.55. The van der Waals surface area contributed by atoms with Gasteiger partial charge in [-0.25, -0.2) is 0 Å². The van der Waals surface area contributed by atoms with Crippen molar-refractivity contribution in [2.75, 3.05) is 9.80 Å². The van der Waals surface area contributed by atoms with Crippen molar-refractivity contribution in [3.8, 4) is 11.1 Å². The van der Waals surface area contributed by atoms with E-state index in [1.807, 2.05) is 0 Å². The fraction of sp³-hybridized carbons (Fsp3) is 0.194. The van der Waals surface area contributed by atoms with Gasteiger partial charge in [0.05, 0.1) is 22.7 Å². The fourth-order valence-electron chi connectivity index (χ4n) is 14.4. The summed E-state index contributed by atoms with van der Waals surface area (Å²) in [5.74, 6) is 3.12. The van der Waals surface area contributed by atoms with Crippen LogP contribution in [-0.2, 0) is 5.41 Å². The number of hydrogen-bond acceptors (Lipinski definition) is 2. The minimum absolute atomic E-state index is 0.0293. The summed E-state index contributed by atoms with van der Waals surface area (Å²) in [6, 6.07) is 69.5. The van der Waals surface area contributed by atoms with Gasteiger partial charge in [-0.05, 0) is 178 Å². The summed E-state index contributed by atoms with van der Waals surface area (Å²) in [4.78, 5) is 5.18. The highest BCUT2D eigenvalue weighted by Crippen LogP contribution is 2.71. The van der Waals surface area contributed by atoms with E-state index in [1.54, 1.807) is 11.1 Å². The molecule has 0 unspecified atom stereocenters. The van der Waals surface area contributed by atoms with Crippen molar-refractivity contribution in [2.24, 2.45) is 23.7 Å². The number of benzene rings is 10. The second-order valence-electron chi connectivity index (χ2n) is 19.8. The molecule has 5 aliphatic carbocycles. The SMILES string of the molecule is Cc1cccc(C)c1N(c1ccc2ccccc2c1)c1ccc2ccc3c(N(c4ccccc4)c4cccc5c4C4(c6ccccc6-5)C5CC6CC(C5)CC4C6)ccc4ccc1c2c43. The Morgan fingerprint density at radius 1 is 0.406 bits per heavy atom. The number of hydrogen-bond donors (Lipinski definition) is 0. The summed E-state index contributed by atoms with van der Waals surface area (Å²) < 4.78 is 0. The van der Waals surface area contributed by atoms with E-state index in [0.29, 0.717) is 11.8 Å². The number of para-hydroxylation sites is 2. The molecule has 0 N–H and O–H groups in total. The highest BCUT2D eigenvalue weighted by atomic mass is 15.2. The molecule has 0 heterocycles. The monoisotopic (exact) mass is 822 g/mol. The summed E-state index contributed by atoms with van der Waals surface area (Å²) >= 11 is 0. The zero-order chi connectivity index (χ0) is 42.3. The van der Waals surface area contributed by atoms with Crippen LogP contribution in [0.3, 0.4) is 0 Å². The van der Waals surface area contributed by atoms with Crippen LogP contribution >= 0.6 is 0 Å². The van der Waals surface area contributed by atoms with Crippen LogP contribution < -0.4 is 9.80 Å². The average molecular weight is 823 g/mol.